The minimum absolute atomic E-state index is 0.0129. The highest BCUT2D eigenvalue weighted by molar-refractivity contribution is 5.78. The van der Waals surface area contributed by atoms with E-state index < -0.39 is 0 Å². The molecule has 1 aromatic rings. The summed E-state index contributed by atoms with van der Waals surface area (Å²) in [6.45, 7) is 7.45. The van der Waals surface area contributed by atoms with E-state index in [1.807, 2.05) is 39.0 Å². The van der Waals surface area contributed by atoms with Crippen molar-refractivity contribution in [2.24, 2.45) is 0 Å². The van der Waals surface area contributed by atoms with E-state index in [1.54, 1.807) is 0 Å². The predicted molar refractivity (Wildman–Crippen MR) is 77.1 cm³/mol. The Morgan fingerprint density at radius 1 is 1.20 bits per heavy atom. The second-order valence-electron chi connectivity index (χ2n) is 5.23. The van der Waals surface area contributed by atoms with Crippen molar-refractivity contribution in [3.05, 3.63) is 23.8 Å². The first-order chi connectivity index (χ1) is 9.56. The molecule has 5 heteroatoms. The highest BCUT2D eigenvalue weighted by atomic mass is 16.6. The predicted octanol–water partition coefficient (Wildman–Crippen LogP) is 1.63. The van der Waals surface area contributed by atoms with Gasteiger partial charge in [0.1, 0.15) is 13.2 Å². The van der Waals surface area contributed by atoms with Gasteiger partial charge in [0.25, 0.3) is 0 Å². The second-order valence-corrected chi connectivity index (χ2v) is 5.23. The van der Waals surface area contributed by atoms with Crippen molar-refractivity contribution < 1.29 is 14.3 Å². The van der Waals surface area contributed by atoms with E-state index in [9.17, 15) is 4.79 Å². The summed E-state index contributed by atoms with van der Waals surface area (Å²) in [6.07, 6.45) is 0. The molecule has 5 nitrogen and oxygen atoms in total. The number of carbonyl (C=O) groups excluding carboxylic acids is 1. The molecule has 0 saturated carbocycles. The van der Waals surface area contributed by atoms with Crippen LogP contribution in [-0.4, -0.2) is 31.7 Å². The van der Waals surface area contributed by atoms with Crippen LogP contribution in [-0.2, 0) is 4.79 Å². The fourth-order valence-electron chi connectivity index (χ4n) is 2.00. The summed E-state index contributed by atoms with van der Waals surface area (Å²) in [6, 6.07) is 6.00. The van der Waals surface area contributed by atoms with E-state index in [0.29, 0.717) is 25.8 Å². The number of benzene rings is 1. The topological polar surface area (TPSA) is 59.6 Å². The molecule has 0 bridgehead atoms. The molecule has 20 heavy (non-hydrogen) atoms. The molecule has 1 aliphatic rings. The summed E-state index contributed by atoms with van der Waals surface area (Å²) in [5.41, 5.74) is 1.01. The minimum atomic E-state index is -0.0627. The van der Waals surface area contributed by atoms with Crippen LogP contribution >= 0.6 is 0 Å². The molecule has 0 saturated heterocycles. The van der Waals surface area contributed by atoms with E-state index in [0.717, 1.165) is 17.1 Å². The molecule has 0 fully saturated rings. The Morgan fingerprint density at radius 3 is 2.60 bits per heavy atom. The average molecular weight is 278 g/mol. The van der Waals surface area contributed by atoms with Gasteiger partial charge >= 0.3 is 0 Å². The van der Waals surface area contributed by atoms with Crippen LogP contribution in [0.25, 0.3) is 0 Å². The van der Waals surface area contributed by atoms with Gasteiger partial charge in [-0.1, -0.05) is 19.9 Å². The first-order valence-electron chi connectivity index (χ1n) is 6.98. The van der Waals surface area contributed by atoms with Crippen LogP contribution in [0.5, 0.6) is 11.5 Å². The van der Waals surface area contributed by atoms with Gasteiger partial charge in [-0.25, -0.2) is 0 Å². The Hall–Kier alpha value is -1.75. The molecule has 1 aromatic carbocycles. The molecule has 1 unspecified atom stereocenters. The van der Waals surface area contributed by atoms with Gasteiger partial charge in [-0.2, -0.15) is 0 Å². The van der Waals surface area contributed by atoms with E-state index in [2.05, 4.69) is 10.6 Å². The van der Waals surface area contributed by atoms with E-state index in [-0.39, 0.29) is 11.9 Å². The lowest BCUT2D eigenvalue weighted by Crippen LogP contribution is -2.38. The third kappa shape index (κ3) is 3.87. The van der Waals surface area contributed by atoms with Crippen LogP contribution in [0, 0.1) is 0 Å². The Morgan fingerprint density at radius 2 is 1.90 bits per heavy atom. The standard InChI is InChI=1S/C15H22N2O3/c1-10(2)16-9-15(18)17-11(3)12-4-5-13-14(8-12)20-7-6-19-13/h4-5,8,10-11,16H,6-7,9H2,1-3H3,(H,17,18). The number of hydrogen-bond donors (Lipinski definition) is 2. The molecule has 0 spiro atoms. The Balaban J connectivity index is 1.95. The van der Waals surface area contributed by atoms with Gasteiger partial charge in [-0.15, -0.1) is 0 Å². The van der Waals surface area contributed by atoms with Gasteiger partial charge in [-0.3, -0.25) is 4.79 Å². The van der Waals surface area contributed by atoms with Gasteiger partial charge in [-0.05, 0) is 24.6 Å². The Labute approximate surface area is 119 Å². The lowest BCUT2D eigenvalue weighted by atomic mass is 10.1. The molecule has 2 N–H and O–H groups in total. The maximum Gasteiger partial charge on any atom is 0.234 e. The van der Waals surface area contributed by atoms with Gasteiger partial charge in [0.15, 0.2) is 11.5 Å². The molecule has 1 atom stereocenters. The molecule has 1 heterocycles. The number of ether oxygens (including phenoxy) is 2. The lowest BCUT2D eigenvalue weighted by molar-refractivity contribution is -0.121. The molecular weight excluding hydrogens is 256 g/mol. The first kappa shape index (κ1) is 14.7. The van der Waals surface area contributed by atoms with Gasteiger partial charge < -0.3 is 20.1 Å². The van der Waals surface area contributed by atoms with E-state index in [4.69, 9.17) is 9.47 Å². The SMILES string of the molecule is CC(C)NCC(=O)NC(C)c1ccc2c(c1)OCCO2. The van der Waals surface area contributed by atoms with Crippen LogP contribution in [0.15, 0.2) is 18.2 Å². The third-order valence-corrected chi connectivity index (χ3v) is 3.11. The summed E-state index contributed by atoms with van der Waals surface area (Å²) in [5, 5.41) is 6.06. The van der Waals surface area contributed by atoms with Gasteiger partial charge in [0.05, 0.1) is 12.6 Å². The monoisotopic (exact) mass is 278 g/mol. The molecule has 0 radical (unpaired) electrons. The number of amides is 1. The van der Waals surface area contributed by atoms with Crippen LogP contribution < -0.4 is 20.1 Å². The van der Waals surface area contributed by atoms with Gasteiger partial charge in [0, 0.05) is 6.04 Å². The van der Waals surface area contributed by atoms with Crippen LogP contribution in [0.4, 0.5) is 0 Å². The minimum Gasteiger partial charge on any atom is -0.486 e. The van der Waals surface area contributed by atoms with E-state index in [1.165, 1.54) is 0 Å². The molecule has 0 aromatic heterocycles. The fraction of sp³-hybridized carbons (Fsp3) is 0.533. The maximum absolute atomic E-state index is 11.8. The third-order valence-electron chi connectivity index (χ3n) is 3.11. The average Bonchev–Trinajstić information content (AvgIpc) is 2.44. The highest BCUT2D eigenvalue weighted by Gasteiger charge is 2.15. The number of fused-ring (bicyclic) bond motifs is 1. The molecule has 1 amide bonds. The quantitative estimate of drug-likeness (QED) is 0.859. The molecule has 2 rings (SSSR count). The number of nitrogens with one attached hydrogen (secondary N) is 2. The second kappa shape index (κ2) is 6.61. The summed E-state index contributed by atoms with van der Waals surface area (Å²) in [7, 11) is 0. The first-order valence-corrected chi connectivity index (χ1v) is 6.98. The van der Waals surface area contributed by atoms with Crippen molar-refractivity contribution in [1.82, 2.24) is 10.6 Å². The van der Waals surface area contributed by atoms with E-state index >= 15 is 0 Å². The smallest absolute Gasteiger partial charge is 0.234 e. The van der Waals surface area contributed by atoms with Crippen LogP contribution in [0.3, 0.4) is 0 Å². The Bertz CT molecular complexity index is 474. The van der Waals surface area contributed by atoms with Crippen molar-refractivity contribution in [2.45, 2.75) is 32.9 Å². The van der Waals surface area contributed by atoms with Crippen molar-refractivity contribution >= 4 is 5.91 Å². The summed E-state index contributed by atoms with van der Waals surface area (Å²) in [4.78, 5) is 11.8. The van der Waals surface area contributed by atoms with Crippen LogP contribution in [0.2, 0.25) is 0 Å². The fourth-order valence-corrected chi connectivity index (χ4v) is 2.00. The molecule has 1 aliphatic heterocycles. The summed E-state index contributed by atoms with van der Waals surface area (Å²) >= 11 is 0. The van der Waals surface area contributed by atoms with Crippen molar-refractivity contribution in [3.63, 3.8) is 0 Å². The van der Waals surface area contributed by atoms with Gasteiger partial charge in [0.2, 0.25) is 5.91 Å². The zero-order chi connectivity index (χ0) is 14.5. The molecule has 110 valence electrons. The van der Waals surface area contributed by atoms with Crippen molar-refractivity contribution in [1.29, 1.82) is 0 Å². The summed E-state index contributed by atoms with van der Waals surface area (Å²) < 4.78 is 11.0. The molecular formula is C15H22N2O3. The van der Waals surface area contributed by atoms with Crippen molar-refractivity contribution in [2.75, 3.05) is 19.8 Å². The number of hydrogen-bond acceptors (Lipinski definition) is 4. The highest BCUT2D eigenvalue weighted by Crippen LogP contribution is 2.32. The zero-order valence-corrected chi connectivity index (χ0v) is 12.2. The number of rotatable bonds is 5. The normalized spacial score (nSPS) is 15.0. The lowest BCUT2D eigenvalue weighted by Gasteiger charge is -2.21. The number of carbonyl (C=O) groups is 1. The Kier molecular flexibility index (Phi) is 4.84. The van der Waals surface area contributed by atoms with Crippen LogP contribution in [0.1, 0.15) is 32.4 Å². The largest absolute Gasteiger partial charge is 0.486 e. The maximum atomic E-state index is 11.8. The zero-order valence-electron chi connectivity index (χ0n) is 12.2. The summed E-state index contributed by atoms with van der Waals surface area (Å²) in [5.74, 6) is 1.50. The molecule has 0 aliphatic carbocycles. The van der Waals surface area contributed by atoms with Crippen molar-refractivity contribution in [3.8, 4) is 11.5 Å².